The van der Waals surface area contributed by atoms with Crippen LogP contribution in [-0.4, -0.2) is 33.0 Å². The summed E-state index contributed by atoms with van der Waals surface area (Å²) in [5, 5.41) is 11.5. The lowest BCUT2D eigenvalue weighted by Gasteiger charge is -2.05. The van der Waals surface area contributed by atoms with Crippen LogP contribution in [0.2, 0.25) is 0 Å². The minimum Gasteiger partial charge on any atom is -0.334 e. The number of aryl methyl sites for hydroxylation is 1. The summed E-state index contributed by atoms with van der Waals surface area (Å²) >= 11 is 0. The van der Waals surface area contributed by atoms with Gasteiger partial charge in [0.15, 0.2) is 5.82 Å². The van der Waals surface area contributed by atoms with Crippen LogP contribution >= 0.6 is 0 Å². The van der Waals surface area contributed by atoms with Crippen molar-refractivity contribution in [3.63, 3.8) is 0 Å². The van der Waals surface area contributed by atoms with Crippen molar-refractivity contribution in [3.8, 4) is 17.1 Å². The van der Waals surface area contributed by atoms with Crippen molar-refractivity contribution in [1.29, 1.82) is 0 Å². The monoisotopic (exact) mass is 297 g/mol. The number of likely N-dealkylation sites (N-methyl/N-ethyl adjacent to an activating group) is 1. The summed E-state index contributed by atoms with van der Waals surface area (Å²) in [6.45, 7) is 4.10. The summed E-state index contributed by atoms with van der Waals surface area (Å²) in [5.41, 5.74) is 3.01. The van der Waals surface area contributed by atoms with Crippen molar-refractivity contribution >= 4 is 0 Å². The van der Waals surface area contributed by atoms with Gasteiger partial charge in [-0.05, 0) is 51.2 Å². The molecule has 1 N–H and O–H groups in total. The third-order valence-corrected chi connectivity index (χ3v) is 3.64. The van der Waals surface area contributed by atoms with E-state index in [4.69, 9.17) is 4.52 Å². The smallest absolute Gasteiger partial charge is 0.257 e. The van der Waals surface area contributed by atoms with Gasteiger partial charge in [0.25, 0.3) is 5.89 Å². The van der Waals surface area contributed by atoms with Crippen molar-refractivity contribution in [3.05, 3.63) is 48.0 Å². The SMILES string of the molecule is CNC(C)Cc1noc(-c2ccc(-n3nccc3C)cc2)n1. The second-order valence-corrected chi connectivity index (χ2v) is 5.34. The maximum Gasteiger partial charge on any atom is 0.257 e. The zero-order valence-electron chi connectivity index (χ0n) is 12.9. The second-order valence-electron chi connectivity index (χ2n) is 5.34. The van der Waals surface area contributed by atoms with Crippen molar-refractivity contribution < 1.29 is 4.52 Å². The molecule has 0 saturated heterocycles. The van der Waals surface area contributed by atoms with Gasteiger partial charge in [0.05, 0.1) is 5.69 Å². The molecule has 3 rings (SSSR count). The zero-order chi connectivity index (χ0) is 15.5. The van der Waals surface area contributed by atoms with Crippen LogP contribution in [0.1, 0.15) is 18.4 Å². The highest BCUT2D eigenvalue weighted by Crippen LogP contribution is 2.20. The molecule has 22 heavy (non-hydrogen) atoms. The van der Waals surface area contributed by atoms with Crippen LogP contribution in [0.3, 0.4) is 0 Å². The van der Waals surface area contributed by atoms with Gasteiger partial charge in [-0.2, -0.15) is 10.1 Å². The van der Waals surface area contributed by atoms with Gasteiger partial charge >= 0.3 is 0 Å². The molecule has 6 heteroatoms. The molecule has 0 fully saturated rings. The molecule has 1 aromatic carbocycles. The summed E-state index contributed by atoms with van der Waals surface area (Å²) in [7, 11) is 1.92. The Hall–Kier alpha value is -2.47. The van der Waals surface area contributed by atoms with E-state index in [1.807, 2.05) is 49.0 Å². The Bertz CT molecular complexity index is 744. The summed E-state index contributed by atoms with van der Waals surface area (Å²) in [4.78, 5) is 4.44. The molecule has 0 saturated carbocycles. The average molecular weight is 297 g/mol. The summed E-state index contributed by atoms with van der Waals surface area (Å²) < 4.78 is 7.23. The van der Waals surface area contributed by atoms with Gasteiger partial charge < -0.3 is 9.84 Å². The van der Waals surface area contributed by atoms with Crippen LogP contribution < -0.4 is 5.32 Å². The lowest BCUT2D eigenvalue weighted by molar-refractivity contribution is 0.418. The fraction of sp³-hybridized carbons (Fsp3) is 0.312. The molecule has 0 radical (unpaired) electrons. The standard InChI is InChI=1S/C16H19N5O/c1-11(17-3)10-15-19-16(22-20-15)13-4-6-14(7-5-13)21-12(2)8-9-18-21/h4-9,11,17H,10H2,1-3H3. The maximum atomic E-state index is 5.34. The predicted octanol–water partition coefficient (Wildman–Crippen LogP) is 2.38. The first kappa shape index (κ1) is 14.5. The Morgan fingerprint density at radius 2 is 2.00 bits per heavy atom. The number of aromatic nitrogens is 4. The molecule has 1 unspecified atom stereocenters. The van der Waals surface area contributed by atoms with E-state index in [-0.39, 0.29) is 0 Å². The predicted molar refractivity (Wildman–Crippen MR) is 83.8 cm³/mol. The molecular weight excluding hydrogens is 278 g/mol. The van der Waals surface area contributed by atoms with E-state index in [1.54, 1.807) is 6.20 Å². The van der Waals surface area contributed by atoms with Crippen molar-refractivity contribution in [2.75, 3.05) is 7.05 Å². The molecule has 0 aliphatic rings. The number of rotatable bonds is 5. The van der Waals surface area contributed by atoms with Crippen LogP contribution in [-0.2, 0) is 6.42 Å². The van der Waals surface area contributed by atoms with Crippen molar-refractivity contribution in [2.45, 2.75) is 26.3 Å². The second kappa shape index (κ2) is 6.11. The summed E-state index contributed by atoms with van der Waals surface area (Å²) in [6, 6.07) is 10.2. The number of benzene rings is 1. The molecule has 6 nitrogen and oxygen atoms in total. The van der Waals surface area contributed by atoms with Gasteiger partial charge in [0, 0.05) is 29.9 Å². The highest BCUT2D eigenvalue weighted by molar-refractivity contribution is 5.55. The molecule has 0 amide bonds. The molecule has 2 heterocycles. The van der Waals surface area contributed by atoms with E-state index in [0.717, 1.165) is 23.4 Å². The van der Waals surface area contributed by atoms with Crippen LogP contribution in [0.5, 0.6) is 0 Å². The van der Waals surface area contributed by atoms with Gasteiger partial charge in [-0.1, -0.05) is 5.16 Å². The van der Waals surface area contributed by atoms with Gasteiger partial charge in [-0.25, -0.2) is 4.68 Å². The lowest BCUT2D eigenvalue weighted by Crippen LogP contribution is -2.24. The van der Waals surface area contributed by atoms with Crippen LogP contribution in [0, 0.1) is 6.92 Å². The third kappa shape index (κ3) is 2.92. The van der Waals surface area contributed by atoms with Crippen LogP contribution in [0.25, 0.3) is 17.1 Å². The van der Waals surface area contributed by atoms with Gasteiger partial charge in [-0.15, -0.1) is 0 Å². The summed E-state index contributed by atoms with van der Waals surface area (Å²) in [5.74, 6) is 1.26. The van der Waals surface area contributed by atoms with Crippen molar-refractivity contribution in [1.82, 2.24) is 25.2 Å². The fourth-order valence-corrected chi connectivity index (χ4v) is 2.22. The quantitative estimate of drug-likeness (QED) is 0.783. The Kier molecular flexibility index (Phi) is 4.02. The normalized spacial score (nSPS) is 12.5. The number of nitrogens with zero attached hydrogens (tertiary/aromatic N) is 4. The highest BCUT2D eigenvalue weighted by atomic mass is 16.5. The largest absolute Gasteiger partial charge is 0.334 e. The minimum absolute atomic E-state index is 0.315. The number of nitrogens with one attached hydrogen (secondary N) is 1. The number of hydrogen-bond donors (Lipinski definition) is 1. The first-order chi connectivity index (χ1) is 10.7. The van der Waals surface area contributed by atoms with E-state index >= 15 is 0 Å². The molecule has 1 atom stereocenters. The van der Waals surface area contributed by atoms with Gasteiger partial charge in [0.2, 0.25) is 0 Å². The molecule has 0 bridgehead atoms. The van der Waals surface area contributed by atoms with E-state index < -0.39 is 0 Å². The van der Waals surface area contributed by atoms with E-state index in [2.05, 4.69) is 27.5 Å². The molecular formula is C16H19N5O. The Balaban J connectivity index is 1.80. The molecule has 0 aliphatic heterocycles. The van der Waals surface area contributed by atoms with E-state index in [9.17, 15) is 0 Å². The molecule has 0 spiro atoms. The topological polar surface area (TPSA) is 68.8 Å². The minimum atomic E-state index is 0.315. The highest BCUT2D eigenvalue weighted by Gasteiger charge is 2.11. The zero-order valence-corrected chi connectivity index (χ0v) is 12.9. The molecule has 114 valence electrons. The molecule has 0 aliphatic carbocycles. The Morgan fingerprint density at radius 3 is 2.64 bits per heavy atom. The third-order valence-electron chi connectivity index (χ3n) is 3.64. The Morgan fingerprint density at radius 1 is 1.23 bits per heavy atom. The van der Waals surface area contributed by atoms with Gasteiger partial charge in [0.1, 0.15) is 0 Å². The van der Waals surface area contributed by atoms with E-state index in [0.29, 0.717) is 17.8 Å². The van der Waals surface area contributed by atoms with Crippen LogP contribution in [0.4, 0.5) is 0 Å². The molecule has 3 aromatic rings. The first-order valence-corrected chi connectivity index (χ1v) is 7.28. The fourth-order valence-electron chi connectivity index (χ4n) is 2.22. The number of hydrogen-bond acceptors (Lipinski definition) is 5. The van der Waals surface area contributed by atoms with Crippen LogP contribution in [0.15, 0.2) is 41.1 Å². The van der Waals surface area contributed by atoms with E-state index in [1.165, 1.54) is 0 Å². The first-order valence-electron chi connectivity index (χ1n) is 7.28. The summed E-state index contributed by atoms with van der Waals surface area (Å²) in [6.07, 6.45) is 2.53. The van der Waals surface area contributed by atoms with Crippen molar-refractivity contribution in [2.24, 2.45) is 0 Å². The Labute approximate surface area is 129 Å². The average Bonchev–Trinajstić information content (AvgIpc) is 3.16. The lowest BCUT2D eigenvalue weighted by atomic mass is 10.2. The molecule has 2 aromatic heterocycles. The maximum absolute atomic E-state index is 5.34. The van der Waals surface area contributed by atoms with Gasteiger partial charge in [-0.3, -0.25) is 0 Å².